The van der Waals surface area contributed by atoms with Gasteiger partial charge in [0.05, 0.1) is 18.4 Å². The SMILES string of the molecule is COC(=O)CNC(=O)c1ccccc1NC(=O)c1ccc2ccccc2c1. The Labute approximate surface area is 156 Å². The number of para-hydroxylation sites is 1. The number of anilines is 1. The van der Waals surface area contributed by atoms with Gasteiger partial charge in [0.2, 0.25) is 0 Å². The first-order valence-corrected chi connectivity index (χ1v) is 8.32. The molecule has 0 radical (unpaired) electrons. The second-order valence-corrected chi connectivity index (χ2v) is 5.82. The Morgan fingerprint density at radius 2 is 1.56 bits per heavy atom. The van der Waals surface area contributed by atoms with Gasteiger partial charge in [-0.2, -0.15) is 0 Å². The molecule has 0 spiro atoms. The monoisotopic (exact) mass is 362 g/mol. The summed E-state index contributed by atoms with van der Waals surface area (Å²) in [6.45, 7) is -0.248. The van der Waals surface area contributed by atoms with E-state index in [1.54, 1.807) is 36.4 Å². The molecule has 0 heterocycles. The van der Waals surface area contributed by atoms with Crippen LogP contribution in [0.5, 0.6) is 0 Å². The number of hydrogen-bond acceptors (Lipinski definition) is 4. The van der Waals surface area contributed by atoms with Crippen LogP contribution in [0.3, 0.4) is 0 Å². The van der Waals surface area contributed by atoms with Crippen molar-refractivity contribution >= 4 is 34.2 Å². The summed E-state index contributed by atoms with van der Waals surface area (Å²) in [6, 6.07) is 19.7. The van der Waals surface area contributed by atoms with Crippen LogP contribution in [0.2, 0.25) is 0 Å². The largest absolute Gasteiger partial charge is 0.468 e. The highest BCUT2D eigenvalue weighted by atomic mass is 16.5. The maximum atomic E-state index is 12.6. The Morgan fingerprint density at radius 3 is 2.33 bits per heavy atom. The molecule has 6 heteroatoms. The molecule has 27 heavy (non-hydrogen) atoms. The Balaban J connectivity index is 1.79. The van der Waals surface area contributed by atoms with E-state index in [-0.39, 0.29) is 18.0 Å². The molecule has 0 aromatic heterocycles. The summed E-state index contributed by atoms with van der Waals surface area (Å²) in [5.41, 5.74) is 1.10. The standard InChI is InChI=1S/C21H18N2O4/c1-27-19(24)13-22-21(26)17-8-4-5-9-18(17)23-20(25)16-11-10-14-6-2-3-7-15(14)12-16/h2-12H,13H2,1H3,(H,22,26)(H,23,25). The van der Waals surface area contributed by atoms with Crippen molar-refractivity contribution in [3.63, 3.8) is 0 Å². The van der Waals surface area contributed by atoms with E-state index < -0.39 is 11.9 Å². The summed E-state index contributed by atoms with van der Waals surface area (Å²) in [6.07, 6.45) is 0. The lowest BCUT2D eigenvalue weighted by Gasteiger charge is -2.11. The van der Waals surface area contributed by atoms with E-state index >= 15 is 0 Å². The first-order chi connectivity index (χ1) is 13.1. The average Bonchev–Trinajstić information content (AvgIpc) is 2.71. The minimum atomic E-state index is -0.555. The van der Waals surface area contributed by atoms with Gasteiger partial charge in [-0.1, -0.05) is 42.5 Å². The lowest BCUT2D eigenvalue weighted by atomic mass is 10.1. The number of amides is 2. The fourth-order valence-corrected chi connectivity index (χ4v) is 2.64. The Bertz CT molecular complexity index is 1010. The second-order valence-electron chi connectivity index (χ2n) is 5.82. The summed E-state index contributed by atoms with van der Waals surface area (Å²) < 4.78 is 4.50. The molecule has 136 valence electrons. The molecule has 3 aromatic carbocycles. The number of methoxy groups -OCH3 is 1. The molecule has 3 rings (SSSR count). The number of carbonyl (C=O) groups is 3. The van der Waals surface area contributed by atoms with Crippen LogP contribution >= 0.6 is 0 Å². The van der Waals surface area contributed by atoms with E-state index in [9.17, 15) is 14.4 Å². The van der Waals surface area contributed by atoms with Crippen molar-refractivity contribution < 1.29 is 19.1 Å². The van der Waals surface area contributed by atoms with Gasteiger partial charge in [-0.3, -0.25) is 14.4 Å². The first-order valence-electron chi connectivity index (χ1n) is 8.32. The topological polar surface area (TPSA) is 84.5 Å². The molecule has 0 aliphatic carbocycles. The predicted octanol–water partition coefficient (Wildman–Crippen LogP) is 2.99. The lowest BCUT2D eigenvalue weighted by Crippen LogP contribution is -2.31. The summed E-state index contributed by atoms with van der Waals surface area (Å²) in [4.78, 5) is 36.1. The van der Waals surface area contributed by atoms with E-state index in [0.29, 0.717) is 11.3 Å². The number of rotatable bonds is 5. The number of ether oxygens (including phenoxy) is 1. The van der Waals surface area contributed by atoms with Crippen molar-refractivity contribution in [1.29, 1.82) is 0 Å². The first kappa shape index (κ1) is 18.1. The van der Waals surface area contributed by atoms with Gasteiger partial charge in [0.25, 0.3) is 11.8 Å². The number of carbonyl (C=O) groups excluding carboxylic acids is 3. The third-order valence-electron chi connectivity index (χ3n) is 4.05. The predicted molar refractivity (Wildman–Crippen MR) is 103 cm³/mol. The Hall–Kier alpha value is -3.67. The van der Waals surface area contributed by atoms with E-state index in [1.807, 2.05) is 30.3 Å². The van der Waals surface area contributed by atoms with Crippen LogP contribution < -0.4 is 10.6 Å². The normalized spacial score (nSPS) is 10.3. The van der Waals surface area contributed by atoms with E-state index in [1.165, 1.54) is 7.11 Å². The maximum Gasteiger partial charge on any atom is 0.325 e. The van der Waals surface area contributed by atoms with Crippen LogP contribution in [0.25, 0.3) is 10.8 Å². The zero-order valence-electron chi connectivity index (χ0n) is 14.7. The molecule has 0 atom stereocenters. The smallest absolute Gasteiger partial charge is 0.325 e. The fraction of sp³-hybridized carbons (Fsp3) is 0.0952. The molecule has 2 amide bonds. The molecular formula is C21H18N2O4. The fourth-order valence-electron chi connectivity index (χ4n) is 2.64. The lowest BCUT2D eigenvalue weighted by molar-refractivity contribution is -0.139. The number of fused-ring (bicyclic) bond motifs is 1. The molecule has 0 unspecified atom stereocenters. The molecule has 0 aliphatic rings. The molecule has 0 fully saturated rings. The van der Waals surface area contributed by atoms with Crippen LogP contribution in [-0.2, 0) is 9.53 Å². The third kappa shape index (κ3) is 4.30. The zero-order valence-corrected chi connectivity index (χ0v) is 14.7. The minimum Gasteiger partial charge on any atom is -0.468 e. The van der Waals surface area contributed by atoms with Crippen LogP contribution in [0, 0.1) is 0 Å². The van der Waals surface area contributed by atoms with Crippen molar-refractivity contribution in [2.45, 2.75) is 0 Å². The van der Waals surface area contributed by atoms with Crippen molar-refractivity contribution in [3.8, 4) is 0 Å². The van der Waals surface area contributed by atoms with Crippen molar-refractivity contribution in [2.24, 2.45) is 0 Å². The van der Waals surface area contributed by atoms with Crippen LogP contribution in [0.4, 0.5) is 5.69 Å². The highest BCUT2D eigenvalue weighted by Crippen LogP contribution is 2.19. The molecule has 0 aliphatic heterocycles. The number of benzene rings is 3. The van der Waals surface area contributed by atoms with Crippen LogP contribution in [-0.4, -0.2) is 31.4 Å². The van der Waals surface area contributed by atoms with Crippen LogP contribution in [0.1, 0.15) is 20.7 Å². The highest BCUT2D eigenvalue weighted by molar-refractivity contribution is 6.10. The number of nitrogens with one attached hydrogen (secondary N) is 2. The maximum absolute atomic E-state index is 12.6. The minimum absolute atomic E-state index is 0.248. The van der Waals surface area contributed by atoms with Gasteiger partial charge < -0.3 is 15.4 Å². The quantitative estimate of drug-likeness (QED) is 0.684. The van der Waals surface area contributed by atoms with Gasteiger partial charge in [-0.05, 0) is 35.0 Å². The van der Waals surface area contributed by atoms with Gasteiger partial charge in [0.15, 0.2) is 0 Å². The Kier molecular flexibility index (Phi) is 5.47. The second kappa shape index (κ2) is 8.14. The summed E-state index contributed by atoms with van der Waals surface area (Å²) >= 11 is 0. The Morgan fingerprint density at radius 1 is 0.852 bits per heavy atom. The molecule has 6 nitrogen and oxygen atoms in total. The number of esters is 1. The summed E-state index contributed by atoms with van der Waals surface area (Å²) in [5, 5.41) is 7.21. The average molecular weight is 362 g/mol. The third-order valence-corrected chi connectivity index (χ3v) is 4.05. The van der Waals surface area contributed by atoms with E-state index in [2.05, 4.69) is 15.4 Å². The molecule has 2 N–H and O–H groups in total. The van der Waals surface area contributed by atoms with Crippen molar-refractivity contribution in [3.05, 3.63) is 77.9 Å². The van der Waals surface area contributed by atoms with Gasteiger partial charge in [0, 0.05) is 5.56 Å². The van der Waals surface area contributed by atoms with Crippen molar-refractivity contribution in [2.75, 3.05) is 19.0 Å². The molecule has 0 saturated heterocycles. The number of hydrogen-bond donors (Lipinski definition) is 2. The molecule has 0 saturated carbocycles. The molecular weight excluding hydrogens is 344 g/mol. The summed E-state index contributed by atoms with van der Waals surface area (Å²) in [5.74, 6) is -1.36. The molecule has 3 aromatic rings. The van der Waals surface area contributed by atoms with Gasteiger partial charge in [-0.25, -0.2) is 0 Å². The molecule has 0 bridgehead atoms. The summed E-state index contributed by atoms with van der Waals surface area (Å²) in [7, 11) is 1.24. The van der Waals surface area contributed by atoms with Gasteiger partial charge >= 0.3 is 5.97 Å². The van der Waals surface area contributed by atoms with Crippen LogP contribution in [0.15, 0.2) is 66.7 Å². The van der Waals surface area contributed by atoms with E-state index in [0.717, 1.165) is 10.8 Å². The van der Waals surface area contributed by atoms with Gasteiger partial charge in [-0.15, -0.1) is 0 Å². The van der Waals surface area contributed by atoms with Crippen molar-refractivity contribution in [1.82, 2.24) is 5.32 Å². The zero-order chi connectivity index (χ0) is 19.2. The highest BCUT2D eigenvalue weighted by Gasteiger charge is 2.15. The van der Waals surface area contributed by atoms with Gasteiger partial charge in [0.1, 0.15) is 6.54 Å². The van der Waals surface area contributed by atoms with E-state index in [4.69, 9.17) is 0 Å².